The maximum absolute atomic E-state index is 7.35. The molecule has 0 aliphatic rings. The van der Waals surface area contributed by atoms with Crippen LogP contribution in [0.4, 0.5) is 0 Å². The summed E-state index contributed by atoms with van der Waals surface area (Å²) in [6.45, 7) is 0.283. The molecular formula is C9H10ClNOS. The van der Waals surface area contributed by atoms with E-state index in [1.54, 1.807) is 12.1 Å². The minimum Gasteiger partial charge on any atom is -0.485 e. The van der Waals surface area contributed by atoms with E-state index >= 15 is 0 Å². The molecule has 0 aliphatic carbocycles. The predicted molar refractivity (Wildman–Crippen MR) is 58.2 cm³/mol. The molecule has 0 aliphatic heterocycles. The average Bonchev–Trinajstić information content (AvgIpc) is 2.16. The Labute approximate surface area is 86.8 Å². The fraction of sp³-hybridized carbons (Fsp3) is 0.222. The lowest BCUT2D eigenvalue weighted by atomic mass is 10.3. The minimum atomic E-state index is 0.283. The Morgan fingerprint density at radius 2 is 2.23 bits per heavy atom. The van der Waals surface area contributed by atoms with Crippen molar-refractivity contribution >= 4 is 28.4 Å². The van der Waals surface area contributed by atoms with E-state index in [1.165, 1.54) is 11.8 Å². The number of rotatable bonds is 3. The standard InChI is InChI=1S/C9H10ClNOS/c1-13-9(11)6-12-8-5-3-2-4-7(8)10/h2-5,11H,6H2,1H3. The molecule has 0 aromatic heterocycles. The van der Waals surface area contributed by atoms with Crippen molar-refractivity contribution in [3.63, 3.8) is 0 Å². The Morgan fingerprint density at radius 1 is 1.54 bits per heavy atom. The zero-order valence-electron chi connectivity index (χ0n) is 7.21. The average molecular weight is 216 g/mol. The van der Waals surface area contributed by atoms with Gasteiger partial charge in [0.15, 0.2) is 0 Å². The first-order valence-electron chi connectivity index (χ1n) is 3.73. The molecule has 0 unspecified atom stereocenters. The summed E-state index contributed by atoms with van der Waals surface area (Å²) in [5.74, 6) is 0.628. The van der Waals surface area contributed by atoms with Gasteiger partial charge in [0.2, 0.25) is 0 Å². The minimum absolute atomic E-state index is 0.283. The third-order valence-corrected chi connectivity index (χ3v) is 2.36. The normalized spacial score (nSPS) is 9.69. The van der Waals surface area contributed by atoms with Crippen LogP contribution < -0.4 is 4.74 Å². The molecule has 0 atom stereocenters. The van der Waals surface area contributed by atoms with E-state index < -0.39 is 0 Å². The van der Waals surface area contributed by atoms with Gasteiger partial charge in [-0.1, -0.05) is 23.7 Å². The fourth-order valence-electron chi connectivity index (χ4n) is 0.764. The molecule has 0 bridgehead atoms. The summed E-state index contributed by atoms with van der Waals surface area (Å²) in [5, 5.41) is 8.42. The van der Waals surface area contributed by atoms with Gasteiger partial charge < -0.3 is 4.74 Å². The van der Waals surface area contributed by atoms with Gasteiger partial charge >= 0.3 is 0 Å². The van der Waals surface area contributed by atoms with Crippen LogP contribution in [0.2, 0.25) is 5.02 Å². The summed E-state index contributed by atoms with van der Waals surface area (Å²) in [4.78, 5) is 0. The molecule has 0 amide bonds. The Hall–Kier alpha value is -0.670. The largest absolute Gasteiger partial charge is 0.485 e. The number of thioether (sulfide) groups is 1. The second-order valence-corrected chi connectivity index (χ2v) is 3.65. The van der Waals surface area contributed by atoms with Crippen LogP contribution >= 0.6 is 23.4 Å². The van der Waals surface area contributed by atoms with Gasteiger partial charge in [-0.15, -0.1) is 11.8 Å². The molecule has 1 rings (SSSR count). The van der Waals surface area contributed by atoms with Gasteiger partial charge in [0.1, 0.15) is 17.4 Å². The molecule has 1 N–H and O–H groups in total. The molecule has 0 fully saturated rings. The van der Waals surface area contributed by atoms with Crippen molar-refractivity contribution in [1.82, 2.24) is 0 Å². The smallest absolute Gasteiger partial charge is 0.138 e. The van der Waals surface area contributed by atoms with Crippen molar-refractivity contribution in [2.75, 3.05) is 12.9 Å². The number of para-hydroxylation sites is 1. The lowest BCUT2D eigenvalue weighted by Crippen LogP contribution is -2.05. The molecule has 0 saturated heterocycles. The van der Waals surface area contributed by atoms with Crippen LogP contribution in [-0.4, -0.2) is 17.9 Å². The van der Waals surface area contributed by atoms with Gasteiger partial charge in [0.05, 0.1) is 5.02 Å². The summed E-state index contributed by atoms with van der Waals surface area (Å²) in [6.07, 6.45) is 1.85. The zero-order valence-corrected chi connectivity index (χ0v) is 8.78. The molecule has 0 spiro atoms. The van der Waals surface area contributed by atoms with Crippen molar-refractivity contribution in [2.24, 2.45) is 0 Å². The van der Waals surface area contributed by atoms with Crippen LogP contribution in [0.5, 0.6) is 5.75 Å². The van der Waals surface area contributed by atoms with Gasteiger partial charge in [-0.2, -0.15) is 0 Å². The molecule has 1 aromatic carbocycles. The fourth-order valence-corrected chi connectivity index (χ4v) is 1.13. The molecular weight excluding hydrogens is 206 g/mol. The van der Waals surface area contributed by atoms with Gasteiger partial charge in [-0.3, -0.25) is 5.41 Å². The molecule has 1 aromatic rings. The van der Waals surface area contributed by atoms with Crippen LogP contribution in [0.1, 0.15) is 0 Å². The number of nitrogens with one attached hydrogen (secondary N) is 1. The summed E-state index contributed by atoms with van der Waals surface area (Å²) in [7, 11) is 0. The maximum atomic E-state index is 7.35. The maximum Gasteiger partial charge on any atom is 0.138 e. The van der Waals surface area contributed by atoms with Crippen LogP contribution in [-0.2, 0) is 0 Å². The van der Waals surface area contributed by atoms with E-state index in [-0.39, 0.29) is 6.61 Å². The van der Waals surface area contributed by atoms with E-state index in [1.807, 2.05) is 18.4 Å². The molecule has 4 heteroatoms. The predicted octanol–water partition coefficient (Wildman–Crippen LogP) is 3.06. The monoisotopic (exact) mass is 215 g/mol. The number of hydrogen-bond donors (Lipinski definition) is 1. The number of hydrogen-bond acceptors (Lipinski definition) is 3. The first-order valence-corrected chi connectivity index (χ1v) is 5.33. The van der Waals surface area contributed by atoms with Gasteiger partial charge in [-0.05, 0) is 18.4 Å². The molecule has 0 radical (unpaired) electrons. The van der Waals surface area contributed by atoms with Crippen molar-refractivity contribution < 1.29 is 4.74 Å². The van der Waals surface area contributed by atoms with E-state index in [4.69, 9.17) is 21.7 Å². The first-order chi connectivity index (χ1) is 6.24. The zero-order chi connectivity index (χ0) is 9.68. The highest BCUT2D eigenvalue weighted by Crippen LogP contribution is 2.23. The lowest BCUT2D eigenvalue weighted by molar-refractivity contribution is 0.379. The number of halogens is 1. The van der Waals surface area contributed by atoms with Gasteiger partial charge in [0, 0.05) is 0 Å². The van der Waals surface area contributed by atoms with E-state index in [0.717, 1.165) is 0 Å². The van der Waals surface area contributed by atoms with Crippen LogP contribution in [0.15, 0.2) is 24.3 Å². The van der Waals surface area contributed by atoms with Crippen LogP contribution in [0, 0.1) is 5.41 Å². The van der Waals surface area contributed by atoms with Gasteiger partial charge in [0.25, 0.3) is 0 Å². The molecule has 2 nitrogen and oxygen atoms in total. The lowest BCUT2D eigenvalue weighted by Gasteiger charge is -2.06. The third kappa shape index (κ3) is 3.28. The Kier molecular flexibility index (Phi) is 4.12. The van der Waals surface area contributed by atoms with Crippen molar-refractivity contribution in [3.05, 3.63) is 29.3 Å². The quantitative estimate of drug-likeness (QED) is 0.621. The summed E-state index contributed by atoms with van der Waals surface area (Å²) in [6, 6.07) is 7.24. The Balaban J connectivity index is 2.54. The molecule has 13 heavy (non-hydrogen) atoms. The molecule has 0 heterocycles. The van der Waals surface area contributed by atoms with Crippen molar-refractivity contribution in [1.29, 1.82) is 5.41 Å². The molecule has 0 saturated carbocycles. The molecule has 70 valence electrons. The first kappa shape index (κ1) is 10.4. The third-order valence-electron chi connectivity index (χ3n) is 1.44. The second kappa shape index (κ2) is 5.14. The highest BCUT2D eigenvalue weighted by Gasteiger charge is 2.00. The topological polar surface area (TPSA) is 33.1 Å². The van der Waals surface area contributed by atoms with E-state index in [9.17, 15) is 0 Å². The summed E-state index contributed by atoms with van der Waals surface area (Å²) >= 11 is 7.21. The SMILES string of the molecule is CSC(=N)COc1ccccc1Cl. The Morgan fingerprint density at radius 3 is 2.85 bits per heavy atom. The van der Waals surface area contributed by atoms with Gasteiger partial charge in [-0.25, -0.2) is 0 Å². The van der Waals surface area contributed by atoms with E-state index in [0.29, 0.717) is 15.8 Å². The summed E-state index contributed by atoms with van der Waals surface area (Å²) in [5.41, 5.74) is 0. The van der Waals surface area contributed by atoms with Crippen molar-refractivity contribution in [3.8, 4) is 5.75 Å². The van der Waals surface area contributed by atoms with Crippen LogP contribution in [0.25, 0.3) is 0 Å². The van der Waals surface area contributed by atoms with Crippen LogP contribution in [0.3, 0.4) is 0 Å². The second-order valence-electron chi connectivity index (χ2n) is 2.35. The number of ether oxygens (including phenoxy) is 1. The number of benzene rings is 1. The summed E-state index contributed by atoms with van der Waals surface area (Å²) < 4.78 is 5.31. The highest BCUT2D eigenvalue weighted by molar-refractivity contribution is 8.13. The van der Waals surface area contributed by atoms with E-state index in [2.05, 4.69) is 0 Å². The van der Waals surface area contributed by atoms with Crippen molar-refractivity contribution in [2.45, 2.75) is 0 Å². The Bertz CT molecular complexity index is 303. The highest BCUT2D eigenvalue weighted by atomic mass is 35.5.